The summed E-state index contributed by atoms with van der Waals surface area (Å²) in [7, 11) is 0. The van der Waals surface area contributed by atoms with Gasteiger partial charge in [0.15, 0.2) is 10.2 Å². The second-order valence-electron chi connectivity index (χ2n) is 8.21. The standard InChI is InChI=1S/C27H31N3O3S2/c1-20(31)28-23-15-12-21(13-16-23)14-17-26(33)34-18-8-3-2-7-11-25(32)30-27-29-24(19-35-27)22-9-5-4-6-10-22/h4-6,9-10,12-13,15-16,19H,2-3,7-8,11,14,17-18H2,1H3,(H,28,31)(H,29,30,32). The highest BCUT2D eigenvalue weighted by Crippen LogP contribution is 2.24. The number of carbonyl (C=O) groups is 3. The van der Waals surface area contributed by atoms with Gasteiger partial charge in [-0.1, -0.05) is 67.1 Å². The zero-order valence-electron chi connectivity index (χ0n) is 19.9. The van der Waals surface area contributed by atoms with Gasteiger partial charge in [0.25, 0.3) is 0 Å². The molecule has 1 aromatic heterocycles. The molecular weight excluding hydrogens is 478 g/mol. The van der Waals surface area contributed by atoms with Crippen molar-refractivity contribution in [3.05, 3.63) is 65.5 Å². The van der Waals surface area contributed by atoms with Gasteiger partial charge in [0.05, 0.1) is 5.69 Å². The largest absolute Gasteiger partial charge is 0.326 e. The molecule has 0 aliphatic carbocycles. The average Bonchev–Trinajstić information content (AvgIpc) is 3.31. The van der Waals surface area contributed by atoms with Crippen LogP contribution in [0.3, 0.4) is 0 Å². The van der Waals surface area contributed by atoms with Gasteiger partial charge in [0.1, 0.15) is 0 Å². The summed E-state index contributed by atoms with van der Waals surface area (Å²) in [5.74, 6) is 0.711. The molecule has 0 radical (unpaired) electrons. The Labute approximate surface area is 214 Å². The number of nitrogens with one attached hydrogen (secondary N) is 2. The summed E-state index contributed by atoms with van der Waals surface area (Å²) in [5, 5.41) is 8.41. The SMILES string of the molecule is CC(=O)Nc1ccc(CCC(=O)SCCCCCCC(=O)Nc2nc(-c3ccccc3)cs2)cc1. The Morgan fingerprint density at radius 2 is 1.63 bits per heavy atom. The molecule has 0 spiro atoms. The summed E-state index contributed by atoms with van der Waals surface area (Å²) < 4.78 is 0. The van der Waals surface area contributed by atoms with E-state index >= 15 is 0 Å². The predicted molar refractivity (Wildman–Crippen MR) is 146 cm³/mol. The number of benzene rings is 2. The number of thioether (sulfide) groups is 1. The molecule has 1 heterocycles. The second-order valence-corrected chi connectivity index (χ2v) is 10.2. The van der Waals surface area contributed by atoms with E-state index in [0.717, 1.165) is 53.9 Å². The molecule has 0 aliphatic rings. The quantitative estimate of drug-likeness (QED) is 0.255. The van der Waals surface area contributed by atoms with Crippen LogP contribution in [0, 0.1) is 0 Å². The molecule has 6 nitrogen and oxygen atoms in total. The van der Waals surface area contributed by atoms with Crippen LogP contribution in [0.4, 0.5) is 10.8 Å². The predicted octanol–water partition coefficient (Wildman–Crippen LogP) is 6.55. The smallest absolute Gasteiger partial charge is 0.226 e. The maximum atomic E-state index is 12.2. The molecule has 2 N–H and O–H groups in total. The van der Waals surface area contributed by atoms with Gasteiger partial charge in [-0.15, -0.1) is 11.3 Å². The lowest BCUT2D eigenvalue weighted by Crippen LogP contribution is -2.10. The van der Waals surface area contributed by atoms with Crippen LogP contribution >= 0.6 is 23.1 Å². The van der Waals surface area contributed by atoms with Crippen molar-refractivity contribution in [1.29, 1.82) is 0 Å². The molecule has 3 aromatic rings. The van der Waals surface area contributed by atoms with Crippen molar-refractivity contribution in [2.75, 3.05) is 16.4 Å². The molecule has 0 saturated heterocycles. The molecule has 8 heteroatoms. The molecule has 35 heavy (non-hydrogen) atoms. The zero-order chi connectivity index (χ0) is 24.9. The maximum Gasteiger partial charge on any atom is 0.226 e. The summed E-state index contributed by atoms with van der Waals surface area (Å²) in [5.41, 5.74) is 3.76. The number of rotatable bonds is 13. The summed E-state index contributed by atoms with van der Waals surface area (Å²) in [6.45, 7) is 1.48. The van der Waals surface area contributed by atoms with Crippen molar-refractivity contribution in [3.63, 3.8) is 0 Å². The van der Waals surface area contributed by atoms with Crippen molar-refractivity contribution >= 4 is 50.8 Å². The van der Waals surface area contributed by atoms with Crippen LogP contribution in [-0.2, 0) is 20.8 Å². The van der Waals surface area contributed by atoms with E-state index in [4.69, 9.17) is 0 Å². The number of anilines is 2. The number of aryl methyl sites for hydroxylation is 1. The molecule has 0 fully saturated rings. The summed E-state index contributed by atoms with van der Waals surface area (Å²) in [6, 6.07) is 17.5. The normalized spacial score (nSPS) is 10.7. The van der Waals surface area contributed by atoms with Crippen molar-refractivity contribution in [1.82, 2.24) is 4.98 Å². The van der Waals surface area contributed by atoms with E-state index in [2.05, 4.69) is 15.6 Å². The van der Waals surface area contributed by atoms with E-state index in [-0.39, 0.29) is 16.9 Å². The molecule has 0 atom stereocenters. The fourth-order valence-electron chi connectivity index (χ4n) is 3.46. The van der Waals surface area contributed by atoms with Crippen LogP contribution in [0.15, 0.2) is 60.0 Å². The van der Waals surface area contributed by atoms with Crippen LogP contribution < -0.4 is 10.6 Å². The van der Waals surface area contributed by atoms with E-state index < -0.39 is 0 Å². The van der Waals surface area contributed by atoms with Crippen molar-refractivity contribution in [2.24, 2.45) is 0 Å². The van der Waals surface area contributed by atoms with E-state index in [1.807, 2.05) is 60.0 Å². The number of amides is 2. The Balaban J connectivity index is 1.21. The number of aromatic nitrogens is 1. The molecule has 0 bridgehead atoms. The molecule has 2 amide bonds. The first-order valence-electron chi connectivity index (χ1n) is 11.8. The highest BCUT2D eigenvalue weighted by molar-refractivity contribution is 8.13. The minimum absolute atomic E-state index is 0.00591. The number of hydrogen-bond donors (Lipinski definition) is 2. The number of carbonyl (C=O) groups excluding carboxylic acids is 3. The first kappa shape index (κ1) is 26.6. The lowest BCUT2D eigenvalue weighted by molar-refractivity contribution is -0.116. The minimum Gasteiger partial charge on any atom is -0.326 e. The Bertz CT molecular complexity index is 1100. The Morgan fingerprint density at radius 3 is 2.37 bits per heavy atom. The second kappa shape index (κ2) is 14.4. The van der Waals surface area contributed by atoms with E-state index in [0.29, 0.717) is 24.4 Å². The fraction of sp³-hybridized carbons (Fsp3) is 0.333. The summed E-state index contributed by atoms with van der Waals surface area (Å²) in [6.07, 6.45) is 5.46. The van der Waals surface area contributed by atoms with Gasteiger partial charge in [-0.05, 0) is 37.0 Å². The zero-order valence-corrected chi connectivity index (χ0v) is 21.6. The molecule has 184 valence electrons. The third-order valence-electron chi connectivity index (χ3n) is 5.27. The van der Waals surface area contributed by atoms with Gasteiger partial charge in [0, 0.05) is 42.1 Å². The van der Waals surface area contributed by atoms with Crippen LogP contribution in [0.2, 0.25) is 0 Å². The number of hydrogen-bond acceptors (Lipinski definition) is 6. The lowest BCUT2D eigenvalue weighted by atomic mass is 10.1. The Hall–Kier alpha value is -2.97. The molecule has 0 saturated carbocycles. The number of nitrogens with zero attached hydrogens (tertiary/aromatic N) is 1. The van der Waals surface area contributed by atoms with Gasteiger partial charge in [-0.2, -0.15) is 0 Å². The third kappa shape index (κ3) is 10.0. The number of thiazole rings is 1. The molecule has 0 aliphatic heterocycles. The van der Waals surface area contributed by atoms with Gasteiger partial charge in [0.2, 0.25) is 11.8 Å². The fourth-order valence-corrected chi connectivity index (χ4v) is 5.02. The van der Waals surface area contributed by atoms with Gasteiger partial charge in [-0.3, -0.25) is 14.4 Å². The van der Waals surface area contributed by atoms with E-state index in [1.54, 1.807) is 0 Å². The topological polar surface area (TPSA) is 88.2 Å². The van der Waals surface area contributed by atoms with Crippen molar-refractivity contribution in [2.45, 2.75) is 51.9 Å². The van der Waals surface area contributed by atoms with Crippen molar-refractivity contribution in [3.8, 4) is 11.3 Å². The van der Waals surface area contributed by atoms with E-state index in [9.17, 15) is 14.4 Å². The summed E-state index contributed by atoms with van der Waals surface area (Å²) >= 11 is 2.83. The van der Waals surface area contributed by atoms with E-state index in [1.165, 1.54) is 30.0 Å². The first-order valence-corrected chi connectivity index (χ1v) is 13.7. The third-order valence-corrected chi connectivity index (χ3v) is 7.05. The maximum absolute atomic E-state index is 12.2. The van der Waals surface area contributed by atoms with Gasteiger partial charge >= 0.3 is 0 Å². The first-order chi connectivity index (χ1) is 17.0. The van der Waals surface area contributed by atoms with Gasteiger partial charge in [-0.25, -0.2) is 4.98 Å². The molecule has 3 rings (SSSR count). The van der Waals surface area contributed by atoms with Crippen LogP contribution in [0.5, 0.6) is 0 Å². The highest BCUT2D eigenvalue weighted by atomic mass is 32.2. The minimum atomic E-state index is -0.0964. The Morgan fingerprint density at radius 1 is 0.886 bits per heavy atom. The highest BCUT2D eigenvalue weighted by Gasteiger charge is 2.08. The Kier molecular flexibility index (Phi) is 11.0. The van der Waals surface area contributed by atoms with Gasteiger partial charge < -0.3 is 10.6 Å². The number of unbranched alkanes of at least 4 members (excludes halogenated alkanes) is 3. The average molecular weight is 510 g/mol. The van der Waals surface area contributed by atoms with Crippen LogP contribution in [0.25, 0.3) is 11.3 Å². The van der Waals surface area contributed by atoms with Crippen LogP contribution in [-0.4, -0.2) is 27.7 Å². The lowest BCUT2D eigenvalue weighted by Gasteiger charge is -2.05. The molecule has 2 aromatic carbocycles. The molecular formula is C27H31N3O3S2. The monoisotopic (exact) mass is 509 g/mol. The van der Waals surface area contributed by atoms with Crippen molar-refractivity contribution < 1.29 is 14.4 Å². The molecule has 0 unspecified atom stereocenters. The summed E-state index contributed by atoms with van der Waals surface area (Å²) in [4.78, 5) is 39.8. The van der Waals surface area contributed by atoms with Crippen LogP contribution in [0.1, 0.15) is 51.0 Å².